The number of furan rings is 1. The molecule has 7 nitrogen and oxygen atoms in total. The Morgan fingerprint density at radius 1 is 1.06 bits per heavy atom. The van der Waals surface area contributed by atoms with Crippen molar-refractivity contribution >= 4 is 44.7 Å². The van der Waals surface area contributed by atoms with Gasteiger partial charge in [-0.2, -0.15) is 0 Å². The van der Waals surface area contributed by atoms with Crippen molar-refractivity contribution in [1.29, 1.82) is 0 Å². The molecule has 0 saturated heterocycles. The maximum atomic E-state index is 13.1. The third-order valence-corrected chi connectivity index (χ3v) is 6.17. The van der Waals surface area contributed by atoms with Crippen LogP contribution in [0.25, 0.3) is 17.0 Å². The molecule has 0 unspecified atom stereocenters. The van der Waals surface area contributed by atoms with E-state index in [0.29, 0.717) is 57.3 Å². The second-order valence-electron chi connectivity index (χ2n) is 8.00. The van der Waals surface area contributed by atoms with Crippen LogP contribution < -0.4 is 18.9 Å². The van der Waals surface area contributed by atoms with Crippen molar-refractivity contribution in [1.82, 2.24) is 0 Å². The number of halogens is 1. The summed E-state index contributed by atoms with van der Waals surface area (Å²) in [6.45, 7) is 4.09. The van der Waals surface area contributed by atoms with Crippen LogP contribution in [0.1, 0.15) is 39.0 Å². The van der Waals surface area contributed by atoms with Gasteiger partial charge in [-0.15, -0.1) is 0 Å². The first kappa shape index (κ1) is 23.7. The lowest BCUT2D eigenvalue weighted by molar-refractivity contribution is 0.0734. The van der Waals surface area contributed by atoms with Gasteiger partial charge in [0.05, 0.1) is 19.3 Å². The van der Waals surface area contributed by atoms with Crippen LogP contribution >= 0.6 is 15.9 Å². The molecule has 8 heteroatoms. The van der Waals surface area contributed by atoms with Crippen molar-refractivity contribution in [3.05, 3.63) is 87.3 Å². The number of carbonyl (C=O) groups is 2. The number of aryl methyl sites for hydroxylation is 1. The minimum Gasteiger partial charge on any atom is -0.496 e. The predicted molar refractivity (Wildman–Crippen MR) is 137 cm³/mol. The largest absolute Gasteiger partial charge is 0.496 e. The quantitative estimate of drug-likeness (QED) is 0.150. The normalized spacial score (nSPS) is 13.6. The van der Waals surface area contributed by atoms with Gasteiger partial charge in [0.2, 0.25) is 5.78 Å². The zero-order valence-electron chi connectivity index (χ0n) is 19.7. The summed E-state index contributed by atoms with van der Waals surface area (Å²) in [5.41, 5.74) is 1.93. The van der Waals surface area contributed by atoms with E-state index in [1.54, 1.807) is 56.5 Å². The summed E-state index contributed by atoms with van der Waals surface area (Å²) >= 11 is 3.43. The summed E-state index contributed by atoms with van der Waals surface area (Å²) in [4.78, 5) is 26.0. The van der Waals surface area contributed by atoms with E-state index in [9.17, 15) is 9.59 Å². The maximum absolute atomic E-state index is 13.1. The molecule has 0 fully saturated rings. The van der Waals surface area contributed by atoms with E-state index in [1.807, 2.05) is 19.1 Å². The molecule has 1 aromatic heterocycles. The monoisotopic (exact) mass is 548 g/mol. The number of carbonyl (C=O) groups excluding carboxylic acids is 2. The first-order chi connectivity index (χ1) is 17.4. The van der Waals surface area contributed by atoms with Gasteiger partial charge in [0, 0.05) is 21.5 Å². The number of hydrogen-bond donors (Lipinski definition) is 0. The molecule has 5 rings (SSSR count). The van der Waals surface area contributed by atoms with Gasteiger partial charge >= 0.3 is 5.97 Å². The number of esters is 1. The molecule has 0 atom stereocenters. The molecule has 4 aromatic rings. The van der Waals surface area contributed by atoms with E-state index in [4.69, 9.17) is 23.4 Å². The lowest BCUT2D eigenvalue weighted by Crippen LogP contribution is -2.09. The Bertz CT molecular complexity index is 1550. The molecule has 36 heavy (non-hydrogen) atoms. The zero-order chi connectivity index (χ0) is 25.4. The van der Waals surface area contributed by atoms with Crippen LogP contribution in [0, 0.1) is 6.92 Å². The van der Waals surface area contributed by atoms with Gasteiger partial charge in [0.15, 0.2) is 5.76 Å². The molecular formula is C28H21BrO7. The van der Waals surface area contributed by atoms with Crippen molar-refractivity contribution < 1.29 is 33.0 Å². The maximum Gasteiger partial charge on any atom is 0.347 e. The van der Waals surface area contributed by atoms with Crippen LogP contribution in [-0.2, 0) is 0 Å². The van der Waals surface area contributed by atoms with Crippen LogP contribution in [0.3, 0.4) is 0 Å². The second-order valence-corrected chi connectivity index (χ2v) is 8.91. The molecule has 0 aliphatic carbocycles. The molecular weight excluding hydrogens is 528 g/mol. The van der Waals surface area contributed by atoms with E-state index >= 15 is 0 Å². The van der Waals surface area contributed by atoms with Crippen LogP contribution in [0.5, 0.6) is 23.0 Å². The van der Waals surface area contributed by atoms with Crippen molar-refractivity contribution in [2.45, 2.75) is 13.8 Å². The van der Waals surface area contributed by atoms with Gasteiger partial charge < -0.3 is 23.4 Å². The molecule has 0 saturated carbocycles. The van der Waals surface area contributed by atoms with E-state index < -0.39 is 5.97 Å². The Hall–Kier alpha value is -4.04. The molecule has 0 radical (unpaired) electrons. The molecule has 1 aliphatic rings. The highest BCUT2D eigenvalue weighted by Crippen LogP contribution is 2.37. The van der Waals surface area contributed by atoms with Gasteiger partial charge in [-0.3, -0.25) is 4.79 Å². The zero-order valence-corrected chi connectivity index (χ0v) is 21.3. The van der Waals surface area contributed by atoms with Crippen molar-refractivity contribution in [3.63, 3.8) is 0 Å². The van der Waals surface area contributed by atoms with E-state index in [2.05, 4.69) is 15.9 Å². The molecule has 0 bridgehead atoms. The van der Waals surface area contributed by atoms with Crippen LogP contribution in [0.4, 0.5) is 0 Å². The number of rotatable bonds is 6. The first-order valence-corrected chi connectivity index (χ1v) is 12.0. The minimum absolute atomic E-state index is 0.144. The van der Waals surface area contributed by atoms with Gasteiger partial charge in [-0.25, -0.2) is 4.79 Å². The molecule has 0 N–H and O–H groups in total. The average molecular weight is 549 g/mol. The number of Topliss-reactive ketones (excluding diaryl/α,β-unsaturated/α-hetero) is 1. The lowest BCUT2D eigenvalue weighted by Gasteiger charge is -2.07. The Kier molecular flexibility index (Phi) is 6.28. The summed E-state index contributed by atoms with van der Waals surface area (Å²) in [6.07, 6.45) is 1.62. The summed E-state index contributed by atoms with van der Waals surface area (Å²) in [6, 6.07) is 15.4. The fourth-order valence-electron chi connectivity index (χ4n) is 4.06. The first-order valence-electron chi connectivity index (χ1n) is 11.2. The molecule has 0 spiro atoms. The standard InChI is InChI=1S/C28H21BrO7/c1-4-33-18-7-10-23-21(13-18)26(15(2)34-23)28(31)35-19-6-8-20-24(14-19)36-25(27(20)30)12-16-11-17(29)5-9-22(16)32-3/h5-14H,4H2,1-3H3/b25-12-. The third kappa shape index (κ3) is 4.35. The Morgan fingerprint density at radius 2 is 1.86 bits per heavy atom. The number of hydrogen-bond acceptors (Lipinski definition) is 7. The van der Waals surface area contributed by atoms with Crippen LogP contribution in [0.15, 0.2) is 69.2 Å². The van der Waals surface area contributed by atoms with Gasteiger partial charge in [-0.1, -0.05) is 15.9 Å². The van der Waals surface area contributed by atoms with Crippen molar-refractivity contribution in [2.24, 2.45) is 0 Å². The molecule has 2 heterocycles. The Labute approximate surface area is 215 Å². The SMILES string of the molecule is CCOc1ccc2oc(C)c(C(=O)Oc3ccc4c(c3)O/C(=C\c3cc(Br)ccc3OC)C4=O)c2c1. The predicted octanol–water partition coefficient (Wildman–Crippen LogP) is 6.75. The fourth-order valence-corrected chi connectivity index (χ4v) is 4.44. The lowest BCUT2D eigenvalue weighted by atomic mass is 10.1. The Balaban J connectivity index is 1.41. The van der Waals surface area contributed by atoms with Crippen molar-refractivity contribution in [2.75, 3.05) is 13.7 Å². The number of fused-ring (bicyclic) bond motifs is 2. The summed E-state index contributed by atoms with van der Waals surface area (Å²) < 4.78 is 29.0. The molecule has 0 amide bonds. The van der Waals surface area contributed by atoms with Gasteiger partial charge in [0.1, 0.15) is 39.9 Å². The van der Waals surface area contributed by atoms with E-state index in [1.165, 1.54) is 6.07 Å². The third-order valence-electron chi connectivity index (χ3n) is 5.68. The fraction of sp³-hybridized carbons (Fsp3) is 0.143. The Morgan fingerprint density at radius 3 is 2.64 bits per heavy atom. The highest BCUT2D eigenvalue weighted by molar-refractivity contribution is 9.10. The summed E-state index contributed by atoms with van der Waals surface area (Å²) in [7, 11) is 1.56. The smallest absolute Gasteiger partial charge is 0.347 e. The number of allylic oxidation sites excluding steroid dienone is 1. The molecule has 3 aromatic carbocycles. The van der Waals surface area contributed by atoms with E-state index in [0.717, 1.165) is 4.47 Å². The van der Waals surface area contributed by atoms with Gasteiger partial charge in [0.25, 0.3) is 0 Å². The summed E-state index contributed by atoms with van der Waals surface area (Å²) in [5.74, 6) is 1.49. The number of benzene rings is 3. The van der Waals surface area contributed by atoms with Gasteiger partial charge in [-0.05, 0) is 68.5 Å². The number of ketones is 1. The molecule has 1 aliphatic heterocycles. The van der Waals surface area contributed by atoms with Crippen LogP contribution in [0.2, 0.25) is 0 Å². The topological polar surface area (TPSA) is 84.2 Å². The highest BCUT2D eigenvalue weighted by atomic mass is 79.9. The van der Waals surface area contributed by atoms with Crippen LogP contribution in [-0.4, -0.2) is 25.5 Å². The number of methoxy groups -OCH3 is 1. The average Bonchev–Trinajstić information content (AvgIpc) is 3.34. The van der Waals surface area contributed by atoms with E-state index in [-0.39, 0.29) is 17.3 Å². The molecule has 182 valence electrons. The number of ether oxygens (including phenoxy) is 4. The minimum atomic E-state index is -0.584. The second kappa shape index (κ2) is 9.54. The highest BCUT2D eigenvalue weighted by Gasteiger charge is 2.29. The summed E-state index contributed by atoms with van der Waals surface area (Å²) in [5, 5.41) is 0.601. The van der Waals surface area contributed by atoms with Crippen molar-refractivity contribution in [3.8, 4) is 23.0 Å².